The monoisotopic (exact) mass is 278 g/mol. The summed E-state index contributed by atoms with van der Waals surface area (Å²) in [5.41, 5.74) is -0.411. The average molecular weight is 278 g/mol. The van der Waals surface area contributed by atoms with Gasteiger partial charge in [0.05, 0.1) is 0 Å². The lowest BCUT2D eigenvalue weighted by atomic mass is 9.83. The van der Waals surface area contributed by atoms with Gasteiger partial charge in [-0.15, -0.1) is 0 Å². The van der Waals surface area contributed by atoms with E-state index in [-0.39, 0.29) is 24.7 Å². The molecule has 5 heteroatoms. The summed E-state index contributed by atoms with van der Waals surface area (Å²) in [5.74, 6) is 0.855. The number of rotatable bonds is 3. The van der Waals surface area contributed by atoms with Gasteiger partial charge in [-0.25, -0.2) is 9.78 Å². The first-order valence-electron chi connectivity index (χ1n) is 6.94. The number of aliphatic hydroxyl groups excluding tert-OH is 1. The topological polar surface area (TPSA) is 62.7 Å². The summed E-state index contributed by atoms with van der Waals surface area (Å²) in [6.07, 6.45) is 2.67. The number of carbonyl (C=O) groups is 1. The van der Waals surface area contributed by atoms with Crippen LogP contribution in [-0.4, -0.2) is 34.4 Å². The molecule has 1 N–H and O–H groups in total. The molecular weight excluding hydrogens is 256 g/mol. The summed E-state index contributed by atoms with van der Waals surface area (Å²) >= 11 is 0. The Morgan fingerprint density at radius 3 is 2.65 bits per heavy atom. The Balaban J connectivity index is 2.06. The molecule has 0 saturated heterocycles. The van der Waals surface area contributed by atoms with E-state index in [1.54, 1.807) is 17.2 Å². The molecule has 0 atom stereocenters. The molecule has 1 aromatic rings. The molecule has 5 nitrogen and oxygen atoms in total. The molecule has 20 heavy (non-hydrogen) atoms. The lowest BCUT2D eigenvalue weighted by Crippen LogP contribution is -2.49. The van der Waals surface area contributed by atoms with Crippen molar-refractivity contribution in [3.05, 3.63) is 24.4 Å². The van der Waals surface area contributed by atoms with Crippen molar-refractivity contribution in [3.8, 4) is 0 Å². The summed E-state index contributed by atoms with van der Waals surface area (Å²) in [5, 5.41) is 8.99. The zero-order valence-corrected chi connectivity index (χ0v) is 12.2. The number of amides is 1. The molecule has 1 aromatic heterocycles. The Morgan fingerprint density at radius 2 is 2.15 bits per heavy atom. The molecule has 0 radical (unpaired) electrons. The highest BCUT2D eigenvalue weighted by Crippen LogP contribution is 2.31. The highest BCUT2D eigenvalue weighted by molar-refractivity contribution is 5.88. The van der Waals surface area contributed by atoms with E-state index < -0.39 is 5.54 Å². The number of nitrogens with zero attached hydrogens (tertiary/aromatic N) is 2. The molecule has 1 aliphatic rings. The van der Waals surface area contributed by atoms with Crippen molar-refractivity contribution in [1.82, 2.24) is 4.98 Å². The van der Waals surface area contributed by atoms with Gasteiger partial charge >= 0.3 is 6.09 Å². The molecule has 1 aliphatic carbocycles. The SMILES string of the molecule is CC(C)(C)N(C(=O)OC1CC(CO)C1)c1ccccn1. The predicted octanol–water partition coefficient (Wildman–Crippen LogP) is 2.59. The van der Waals surface area contributed by atoms with Crippen molar-refractivity contribution in [1.29, 1.82) is 0 Å². The number of hydrogen-bond donors (Lipinski definition) is 1. The van der Waals surface area contributed by atoms with Crippen LogP contribution in [0.25, 0.3) is 0 Å². The van der Waals surface area contributed by atoms with E-state index in [9.17, 15) is 4.79 Å². The molecular formula is C15H22N2O3. The second-order valence-electron chi connectivity index (χ2n) is 6.22. The Morgan fingerprint density at radius 1 is 1.45 bits per heavy atom. The highest BCUT2D eigenvalue weighted by Gasteiger charge is 2.36. The van der Waals surface area contributed by atoms with Gasteiger partial charge in [0.1, 0.15) is 11.9 Å². The van der Waals surface area contributed by atoms with Crippen LogP contribution in [0.3, 0.4) is 0 Å². The second-order valence-corrected chi connectivity index (χ2v) is 6.22. The minimum Gasteiger partial charge on any atom is -0.446 e. The van der Waals surface area contributed by atoms with Gasteiger partial charge in [0.2, 0.25) is 0 Å². The third-order valence-corrected chi connectivity index (χ3v) is 3.45. The van der Waals surface area contributed by atoms with E-state index in [0.29, 0.717) is 5.82 Å². The van der Waals surface area contributed by atoms with Crippen LogP contribution >= 0.6 is 0 Å². The van der Waals surface area contributed by atoms with Crippen molar-refractivity contribution in [2.75, 3.05) is 11.5 Å². The molecule has 1 amide bonds. The molecule has 0 unspecified atom stereocenters. The minimum atomic E-state index is -0.411. The standard InChI is InChI=1S/C15H22N2O3/c1-15(2,3)17(13-6-4-5-7-16-13)14(19)20-12-8-11(9-12)10-18/h4-7,11-12,18H,8-10H2,1-3H3. The van der Waals surface area contributed by atoms with E-state index in [0.717, 1.165) is 12.8 Å². The van der Waals surface area contributed by atoms with Gasteiger partial charge in [0, 0.05) is 18.3 Å². The van der Waals surface area contributed by atoms with Gasteiger partial charge in [-0.1, -0.05) is 6.07 Å². The molecule has 1 heterocycles. The molecule has 1 saturated carbocycles. The Kier molecular flexibility index (Phi) is 4.28. The summed E-state index contributed by atoms with van der Waals surface area (Å²) in [6, 6.07) is 5.46. The van der Waals surface area contributed by atoms with Gasteiger partial charge in [0.25, 0.3) is 0 Å². The predicted molar refractivity (Wildman–Crippen MR) is 76.5 cm³/mol. The fourth-order valence-electron chi connectivity index (χ4n) is 2.31. The normalized spacial score (nSPS) is 22.0. The van der Waals surface area contributed by atoms with Gasteiger partial charge in [0.15, 0.2) is 0 Å². The Bertz CT molecular complexity index is 450. The van der Waals surface area contributed by atoms with Gasteiger partial charge < -0.3 is 9.84 Å². The number of hydrogen-bond acceptors (Lipinski definition) is 4. The third kappa shape index (κ3) is 3.28. The molecule has 0 bridgehead atoms. The maximum atomic E-state index is 12.4. The molecule has 2 rings (SSSR count). The van der Waals surface area contributed by atoms with Crippen molar-refractivity contribution in [3.63, 3.8) is 0 Å². The number of pyridine rings is 1. The van der Waals surface area contributed by atoms with Crippen molar-refractivity contribution in [2.24, 2.45) is 5.92 Å². The van der Waals surface area contributed by atoms with Crippen molar-refractivity contribution in [2.45, 2.75) is 45.3 Å². The lowest BCUT2D eigenvalue weighted by molar-refractivity contribution is -0.000948. The van der Waals surface area contributed by atoms with Crippen molar-refractivity contribution < 1.29 is 14.6 Å². The molecule has 0 aliphatic heterocycles. The maximum absolute atomic E-state index is 12.4. The highest BCUT2D eigenvalue weighted by atomic mass is 16.6. The fourth-order valence-corrected chi connectivity index (χ4v) is 2.31. The minimum absolute atomic E-state index is 0.0896. The second kappa shape index (κ2) is 5.79. The first-order valence-corrected chi connectivity index (χ1v) is 6.94. The van der Waals surface area contributed by atoms with Gasteiger partial charge in [-0.3, -0.25) is 4.90 Å². The first-order chi connectivity index (χ1) is 9.41. The van der Waals surface area contributed by atoms with Gasteiger partial charge in [-0.2, -0.15) is 0 Å². The Labute approximate surface area is 119 Å². The van der Waals surface area contributed by atoms with E-state index in [1.807, 2.05) is 32.9 Å². The zero-order valence-electron chi connectivity index (χ0n) is 12.2. The first kappa shape index (κ1) is 14.8. The van der Waals surface area contributed by atoms with E-state index in [4.69, 9.17) is 9.84 Å². The summed E-state index contributed by atoms with van der Waals surface area (Å²) in [6.45, 7) is 6.00. The zero-order chi connectivity index (χ0) is 14.8. The maximum Gasteiger partial charge on any atom is 0.416 e. The molecule has 1 fully saturated rings. The van der Waals surface area contributed by atoms with Crippen LogP contribution in [0.4, 0.5) is 10.6 Å². The number of aromatic nitrogens is 1. The van der Waals surface area contributed by atoms with Crippen LogP contribution in [0.5, 0.6) is 0 Å². The van der Waals surface area contributed by atoms with Crippen molar-refractivity contribution >= 4 is 11.9 Å². The smallest absolute Gasteiger partial charge is 0.416 e. The van der Waals surface area contributed by atoms with Crippen LogP contribution in [0.1, 0.15) is 33.6 Å². The number of carbonyl (C=O) groups excluding carboxylic acids is 1. The van der Waals surface area contributed by atoms with E-state index in [1.165, 1.54) is 0 Å². The van der Waals surface area contributed by atoms with Crippen LogP contribution in [0.2, 0.25) is 0 Å². The van der Waals surface area contributed by atoms with E-state index in [2.05, 4.69) is 4.98 Å². The average Bonchev–Trinajstić information content (AvgIpc) is 2.33. The lowest BCUT2D eigenvalue weighted by Gasteiger charge is -2.38. The fraction of sp³-hybridized carbons (Fsp3) is 0.600. The third-order valence-electron chi connectivity index (χ3n) is 3.45. The number of anilines is 1. The van der Waals surface area contributed by atoms with Gasteiger partial charge in [-0.05, 0) is 51.7 Å². The number of ether oxygens (including phenoxy) is 1. The summed E-state index contributed by atoms with van der Waals surface area (Å²) in [4.78, 5) is 18.2. The van der Waals surface area contributed by atoms with E-state index >= 15 is 0 Å². The largest absolute Gasteiger partial charge is 0.446 e. The summed E-state index contributed by atoms with van der Waals surface area (Å²) in [7, 11) is 0. The molecule has 0 spiro atoms. The molecule has 0 aromatic carbocycles. The summed E-state index contributed by atoms with van der Waals surface area (Å²) < 4.78 is 5.50. The number of aliphatic hydroxyl groups is 1. The van der Waals surface area contributed by atoms with Crippen LogP contribution < -0.4 is 4.90 Å². The van der Waals surface area contributed by atoms with Crippen LogP contribution in [0, 0.1) is 5.92 Å². The molecule has 110 valence electrons. The van der Waals surface area contributed by atoms with Crippen LogP contribution in [-0.2, 0) is 4.74 Å². The Hall–Kier alpha value is -1.62. The quantitative estimate of drug-likeness (QED) is 0.923. The van der Waals surface area contributed by atoms with Crippen LogP contribution in [0.15, 0.2) is 24.4 Å².